The van der Waals surface area contributed by atoms with Crippen LogP contribution in [0.1, 0.15) is 43.7 Å². The maximum Gasteiger partial charge on any atom is 0.269 e. The predicted molar refractivity (Wildman–Crippen MR) is 118 cm³/mol. The Labute approximate surface area is 180 Å². The molecule has 3 aromatic rings. The van der Waals surface area contributed by atoms with Crippen LogP contribution in [0.15, 0.2) is 47.9 Å². The molecular weight excluding hydrogens is 398 g/mol. The lowest BCUT2D eigenvalue weighted by atomic mass is 10.1. The molecule has 0 fully saturated rings. The van der Waals surface area contributed by atoms with E-state index in [-0.39, 0.29) is 5.69 Å². The normalized spacial score (nSPS) is 10.5. The minimum Gasteiger partial charge on any atom is -0.305 e. The van der Waals surface area contributed by atoms with Crippen molar-refractivity contribution >= 4 is 17.4 Å². The van der Waals surface area contributed by atoms with Crippen molar-refractivity contribution in [3.05, 3.63) is 64.0 Å². The van der Waals surface area contributed by atoms with Gasteiger partial charge in [0.05, 0.1) is 4.92 Å². The Morgan fingerprint density at radius 2 is 1.97 bits per heavy atom. The van der Waals surface area contributed by atoms with Gasteiger partial charge in [-0.2, -0.15) is 0 Å². The Bertz CT molecular complexity index is 1070. The molecule has 0 amide bonds. The summed E-state index contributed by atoms with van der Waals surface area (Å²) in [6.45, 7) is 2.18. The highest BCUT2D eigenvalue weighted by Gasteiger charge is 2.12. The average Bonchev–Trinajstić information content (AvgIpc) is 3.13. The van der Waals surface area contributed by atoms with Crippen LogP contribution in [0.4, 0.5) is 5.69 Å². The molecular formula is C22H23N5O2S. The summed E-state index contributed by atoms with van der Waals surface area (Å²) in [5.41, 5.74) is 2.81. The Morgan fingerprint density at radius 1 is 1.17 bits per heavy atom. The largest absolute Gasteiger partial charge is 0.305 e. The first kappa shape index (κ1) is 21.5. The smallest absolute Gasteiger partial charge is 0.269 e. The second kappa shape index (κ2) is 10.6. The number of hydrogen-bond donors (Lipinski definition) is 0. The fourth-order valence-corrected chi connectivity index (χ4v) is 3.68. The maximum atomic E-state index is 10.8. The number of nitro groups is 1. The van der Waals surface area contributed by atoms with Crippen molar-refractivity contribution in [3.8, 4) is 23.2 Å². The zero-order valence-electron chi connectivity index (χ0n) is 17.0. The van der Waals surface area contributed by atoms with Gasteiger partial charge in [-0.25, -0.2) is 0 Å². The molecule has 0 atom stereocenters. The quantitative estimate of drug-likeness (QED) is 0.167. The fraction of sp³-hybridized carbons (Fsp3) is 0.318. The van der Waals surface area contributed by atoms with E-state index >= 15 is 0 Å². The molecule has 0 aliphatic carbocycles. The van der Waals surface area contributed by atoms with E-state index in [2.05, 4.69) is 33.9 Å². The lowest BCUT2D eigenvalue weighted by molar-refractivity contribution is -0.384. The first-order valence-electron chi connectivity index (χ1n) is 9.78. The number of nitro benzene ring substituents is 1. The molecule has 0 unspecified atom stereocenters. The maximum absolute atomic E-state index is 10.8. The Hall–Kier alpha value is -3.18. The molecule has 1 aromatic carbocycles. The highest BCUT2D eigenvalue weighted by molar-refractivity contribution is 7.98. The third-order valence-electron chi connectivity index (χ3n) is 4.48. The first-order valence-corrected chi connectivity index (χ1v) is 10.8. The van der Waals surface area contributed by atoms with Gasteiger partial charge in [0.25, 0.3) is 5.69 Å². The summed E-state index contributed by atoms with van der Waals surface area (Å²) in [5.74, 6) is 7.75. The minimum atomic E-state index is -0.399. The topological polar surface area (TPSA) is 86.7 Å². The second-order valence-electron chi connectivity index (χ2n) is 6.80. The van der Waals surface area contributed by atoms with Gasteiger partial charge in [0.15, 0.2) is 11.0 Å². The van der Waals surface area contributed by atoms with E-state index in [0.29, 0.717) is 5.75 Å². The Balaban J connectivity index is 1.67. The van der Waals surface area contributed by atoms with Crippen LogP contribution in [0, 0.1) is 22.0 Å². The molecule has 0 radical (unpaired) electrons. The molecule has 0 aliphatic rings. The number of rotatable bonds is 8. The molecule has 0 spiro atoms. The Kier molecular flexibility index (Phi) is 7.57. The van der Waals surface area contributed by atoms with Crippen LogP contribution in [0.2, 0.25) is 0 Å². The molecule has 2 heterocycles. The molecule has 2 aromatic heterocycles. The number of hydrogen-bond acceptors (Lipinski definition) is 6. The van der Waals surface area contributed by atoms with Crippen LogP contribution < -0.4 is 0 Å². The van der Waals surface area contributed by atoms with E-state index in [1.54, 1.807) is 24.5 Å². The van der Waals surface area contributed by atoms with Crippen molar-refractivity contribution in [3.63, 3.8) is 0 Å². The minimum absolute atomic E-state index is 0.0885. The van der Waals surface area contributed by atoms with Crippen LogP contribution in [-0.4, -0.2) is 24.7 Å². The van der Waals surface area contributed by atoms with Gasteiger partial charge >= 0.3 is 0 Å². The molecule has 3 rings (SSSR count). The summed E-state index contributed by atoms with van der Waals surface area (Å²) in [4.78, 5) is 14.7. The van der Waals surface area contributed by atoms with Gasteiger partial charge < -0.3 is 4.57 Å². The lowest BCUT2D eigenvalue weighted by Gasteiger charge is -2.04. The molecule has 0 N–H and O–H groups in total. The zero-order valence-corrected chi connectivity index (χ0v) is 17.9. The van der Waals surface area contributed by atoms with E-state index in [1.165, 1.54) is 36.7 Å². The summed E-state index contributed by atoms with van der Waals surface area (Å²) in [6, 6.07) is 8.52. The summed E-state index contributed by atoms with van der Waals surface area (Å²) in [7, 11) is 1.91. The van der Waals surface area contributed by atoms with Crippen molar-refractivity contribution in [1.82, 2.24) is 19.7 Å². The number of unbranched alkanes of at least 4 members (excludes halogenated alkanes) is 3. The van der Waals surface area contributed by atoms with Gasteiger partial charge in [-0.3, -0.25) is 15.1 Å². The summed E-state index contributed by atoms with van der Waals surface area (Å²) in [5, 5.41) is 20.1. The van der Waals surface area contributed by atoms with Crippen molar-refractivity contribution in [1.29, 1.82) is 0 Å². The van der Waals surface area contributed by atoms with Gasteiger partial charge in [-0.05, 0) is 18.1 Å². The third kappa shape index (κ3) is 5.67. The molecule has 0 saturated carbocycles. The van der Waals surface area contributed by atoms with E-state index in [4.69, 9.17) is 0 Å². The molecule has 0 saturated heterocycles. The van der Waals surface area contributed by atoms with Crippen molar-refractivity contribution in [2.24, 2.45) is 7.05 Å². The third-order valence-corrected chi connectivity index (χ3v) is 5.58. The van der Waals surface area contributed by atoms with Crippen molar-refractivity contribution in [2.75, 3.05) is 0 Å². The highest BCUT2D eigenvalue weighted by atomic mass is 32.2. The predicted octanol–water partition coefficient (Wildman–Crippen LogP) is 5.01. The molecule has 30 heavy (non-hydrogen) atoms. The van der Waals surface area contributed by atoms with Crippen molar-refractivity contribution < 1.29 is 4.92 Å². The second-order valence-corrected chi connectivity index (χ2v) is 7.74. The summed E-state index contributed by atoms with van der Waals surface area (Å²) < 4.78 is 1.92. The van der Waals surface area contributed by atoms with E-state index in [0.717, 1.165) is 40.5 Å². The van der Waals surface area contributed by atoms with E-state index < -0.39 is 4.92 Å². The van der Waals surface area contributed by atoms with Gasteiger partial charge in [-0.15, -0.1) is 10.2 Å². The molecule has 154 valence electrons. The Morgan fingerprint density at radius 3 is 2.70 bits per heavy atom. The van der Waals surface area contributed by atoms with Crippen LogP contribution in [0.25, 0.3) is 11.4 Å². The number of thioether (sulfide) groups is 1. The van der Waals surface area contributed by atoms with Crippen LogP contribution in [0.5, 0.6) is 0 Å². The van der Waals surface area contributed by atoms with Crippen LogP contribution >= 0.6 is 11.8 Å². The van der Waals surface area contributed by atoms with Crippen LogP contribution in [-0.2, 0) is 12.8 Å². The number of benzene rings is 1. The number of non-ortho nitro benzene ring substituents is 1. The number of aromatic nitrogens is 4. The summed E-state index contributed by atoms with van der Waals surface area (Å²) in [6.07, 6.45) is 7.93. The standard InChI is InChI=1S/C22H23N5O2S/c1-3-4-5-6-7-8-18-13-19(15-23-14-18)21-24-25-22(26(21)2)30-16-17-9-11-20(12-10-17)27(28)29/h9-15H,3-6,16H2,1-2H3. The first-order chi connectivity index (χ1) is 14.6. The van der Waals surface area contributed by atoms with Gasteiger partial charge in [0.2, 0.25) is 0 Å². The van der Waals surface area contributed by atoms with Crippen molar-refractivity contribution in [2.45, 2.75) is 43.5 Å². The molecule has 0 bridgehead atoms. The average molecular weight is 422 g/mol. The summed E-state index contributed by atoms with van der Waals surface area (Å²) >= 11 is 1.53. The molecule has 7 nitrogen and oxygen atoms in total. The van der Waals surface area contributed by atoms with Crippen LogP contribution in [0.3, 0.4) is 0 Å². The fourth-order valence-electron chi connectivity index (χ4n) is 2.81. The number of pyridine rings is 1. The SMILES string of the molecule is CCCCCC#Cc1cncc(-c2nnc(SCc3ccc([N+](=O)[O-])cc3)n2C)c1. The molecule has 0 aliphatic heterocycles. The van der Waals surface area contributed by atoms with E-state index in [1.807, 2.05) is 17.7 Å². The van der Waals surface area contributed by atoms with E-state index in [9.17, 15) is 10.1 Å². The zero-order chi connectivity index (χ0) is 21.3. The highest BCUT2D eigenvalue weighted by Crippen LogP contribution is 2.26. The lowest BCUT2D eigenvalue weighted by Crippen LogP contribution is -1.96. The molecule has 8 heteroatoms. The number of nitrogens with zero attached hydrogens (tertiary/aromatic N) is 5. The van der Waals surface area contributed by atoms with Gasteiger partial charge in [-0.1, -0.05) is 55.5 Å². The monoisotopic (exact) mass is 421 g/mol. The van der Waals surface area contributed by atoms with Gasteiger partial charge in [0.1, 0.15) is 0 Å². The van der Waals surface area contributed by atoms with Gasteiger partial charge in [0, 0.05) is 54.9 Å².